The van der Waals surface area contributed by atoms with E-state index in [-0.39, 0.29) is 0 Å². The molecule has 0 saturated carbocycles. The summed E-state index contributed by atoms with van der Waals surface area (Å²) in [6.45, 7) is 5.77. The number of esters is 1. The van der Waals surface area contributed by atoms with Gasteiger partial charge in [0.05, 0.1) is 35.1 Å². The number of ether oxygens (including phenoxy) is 1. The molecule has 7 nitrogen and oxygen atoms in total. The molecule has 0 radical (unpaired) electrons. The lowest BCUT2D eigenvalue weighted by molar-refractivity contribution is 0.0603. The number of hydrogen-bond acceptors (Lipinski definition) is 5. The van der Waals surface area contributed by atoms with Gasteiger partial charge in [-0.3, -0.25) is 9.36 Å². The maximum Gasteiger partial charge on any atom is 0.338 e. The number of nitrogens with zero attached hydrogens (tertiary/aromatic N) is 5. The first-order valence-corrected chi connectivity index (χ1v) is 7.28. The average molecular weight is 313 g/mol. The van der Waals surface area contributed by atoms with Crippen molar-refractivity contribution in [3.63, 3.8) is 0 Å². The van der Waals surface area contributed by atoms with E-state index in [4.69, 9.17) is 9.72 Å². The van der Waals surface area contributed by atoms with Gasteiger partial charge in [0.25, 0.3) is 0 Å². The van der Waals surface area contributed by atoms with Gasteiger partial charge in [-0.2, -0.15) is 10.2 Å². The third-order valence-electron chi connectivity index (χ3n) is 4.14. The van der Waals surface area contributed by atoms with E-state index in [1.807, 2.05) is 39.5 Å². The monoisotopic (exact) mass is 313 g/mol. The second-order valence-corrected chi connectivity index (χ2v) is 5.62. The predicted molar refractivity (Wildman–Crippen MR) is 86.3 cm³/mol. The van der Waals surface area contributed by atoms with Gasteiger partial charge in [0.1, 0.15) is 0 Å². The Hall–Kier alpha value is -2.70. The summed E-state index contributed by atoms with van der Waals surface area (Å²) in [5, 5.41) is 9.53. The van der Waals surface area contributed by atoms with Crippen LogP contribution >= 0.6 is 0 Å². The SMILES string of the molecule is COC(=O)c1cc(-c2c(C)nn(C)c2C)nc2c1c(C)nn2C. The van der Waals surface area contributed by atoms with Crippen LogP contribution in [0.4, 0.5) is 0 Å². The highest BCUT2D eigenvalue weighted by Crippen LogP contribution is 2.30. The quantitative estimate of drug-likeness (QED) is 0.677. The Bertz CT molecular complexity index is 936. The Morgan fingerprint density at radius 1 is 1.09 bits per heavy atom. The van der Waals surface area contributed by atoms with Crippen molar-refractivity contribution in [2.24, 2.45) is 14.1 Å². The zero-order valence-electron chi connectivity index (χ0n) is 14.1. The Kier molecular flexibility index (Phi) is 3.43. The number of fused-ring (bicyclic) bond motifs is 1. The van der Waals surface area contributed by atoms with Gasteiger partial charge in [0.15, 0.2) is 5.65 Å². The summed E-state index contributed by atoms with van der Waals surface area (Å²) in [6, 6.07) is 1.76. The summed E-state index contributed by atoms with van der Waals surface area (Å²) in [6.07, 6.45) is 0. The number of rotatable bonds is 2. The van der Waals surface area contributed by atoms with E-state index >= 15 is 0 Å². The molecular weight excluding hydrogens is 294 g/mol. The molecule has 7 heteroatoms. The van der Waals surface area contributed by atoms with Crippen LogP contribution in [0.5, 0.6) is 0 Å². The standard InChI is InChI=1S/C16H19N5O2/c1-8-13(10(3)20(4)18-8)12-7-11(16(22)23-6)14-9(2)19-21(5)15(14)17-12/h7H,1-6H3. The fraction of sp³-hybridized carbons (Fsp3) is 0.375. The Morgan fingerprint density at radius 3 is 2.30 bits per heavy atom. The summed E-state index contributed by atoms with van der Waals surface area (Å²) in [7, 11) is 5.08. The number of hydrogen-bond donors (Lipinski definition) is 0. The number of carbonyl (C=O) groups excluding carboxylic acids is 1. The Labute approximate surface area is 133 Å². The van der Waals surface area contributed by atoms with Crippen molar-refractivity contribution >= 4 is 17.0 Å². The summed E-state index contributed by atoms with van der Waals surface area (Å²) < 4.78 is 8.43. The molecule has 0 spiro atoms. The van der Waals surface area contributed by atoms with E-state index in [0.717, 1.165) is 28.0 Å². The van der Waals surface area contributed by atoms with Crippen LogP contribution in [0.25, 0.3) is 22.3 Å². The highest BCUT2D eigenvalue weighted by Gasteiger charge is 2.22. The van der Waals surface area contributed by atoms with E-state index < -0.39 is 5.97 Å². The van der Waals surface area contributed by atoms with Gasteiger partial charge in [0.2, 0.25) is 0 Å². The molecule has 3 aromatic heterocycles. The lowest BCUT2D eigenvalue weighted by atomic mass is 10.0. The fourth-order valence-corrected chi connectivity index (χ4v) is 2.99. The average Bonchev–Trinajstić information content (AvgIpc) is 2.94. The number of aromatic nitrogens is 5. The first kappa shape index (κ1) is 15.2. The summed E-state index contributed by atoms with van der Waals surface area (Å²) in [5.41, 5.74) is 5.36. The van der Waals surface area contributed by atoms with E-state index in [0.29, 0.717) is 16.9 Å². The van der Waals surface area contributed by atoms with E-state index in [2.05, 4.69) is 10.2 Å². The van der Waals surface area contributed by atoms with Crippen LogP contribution < -0.4 is 0 Å². The third kappa shape index (κ3) is 2.19. The number of carbonyl (C=O) groups is 1. The maximum atomic E-state index is 12.2. The van der Waals surface area contributed by atoms with E-state index in [1.54, 1.807) is 10.7 Å². The zero-order valence-corrected chi connectivity index (χ0v) is 14.1. The zero-order chi connectivity index (χ0) is 16.9. The minimum Gasteiger partial charge on any atom is -0.465 e. The molecule has 3 heterocycles. The van der Waals surface area contributed by atoms with Crippen molar-refractivity contribution in [3.05, 3.63) is 28.7 Å². The van der Waals surface area contributed by atoms with Crippen LogP contribution in [0.2, 0.25) is 0 Å². The Balaban J connectivity index is 2.40. The van der Waals surface area contributed by atoms with Gasteiger partial charge >= 0.3 is 5.97 Å². The van der Waals surface area contributed by atoms with Crippen molar-refractivity contribution in [1.29, 1.82) is 0 Å². The summed E-state index contributed by atoms with van der Waals surface area (Å²) >= 11 is 0. The van der Waals surface area contributed by atoms with Crippen LogP contribution in [0.3, 0.4) is 0 Å². The second kappa shape index (κ2) is 5.19. The topological polar surface area (TPSA) is 74.8 Å². The van der Waals surface area contributed by atoms with Crippen molar-refractivity contribution in [1.82, 2.24) is 24.5 Å². The molecule has 0 unspecified atom stereocenters. The van der Waals surface area contributed by atoms with Gasteiger partial charge in [-0.1, -0.05) is 0 Å². The van der Waals surface area contributed by atoms with Gasteiger partial charge in [-0.25, -0.2) is 9.78 Å². The van der Waals surface area contributed by atoms with Gasteiger partial charge in [-0.05, 0) is 26.8 Å². The lowest BCUT2D eigenvalue weighted by Gasteiger charge is -2.07. The maximum absolute atomic E-state index is 12.2. The number of methoxy groups -OCH3 is 1. The molecular formula is C16H19N5O2. The lowest BCUT2D eigenvalue weighted by Crippen LogP contribution is -2.05. The minimum atomic E-state index is -0.394. The Morgan fingerprint density at radius 2 is 1.74 bits per heavy atom. The largest absolute Gasteiger partial charge is 0.465 e. The molecule has 0 saturated heterocycles. The van der Waals surface area contributed by atoms with Crippen molar-refractivity contribution in [2.45, 2.75) is 20.8 Å². The molecule has 120 valence electrons. The van der Waals surface area contributed by atoms with Gasteiger partial charge < -0.3 is 4.74 Å². The molecule has 0 aliphatic heterocycles. The molecule has 23 heavy (non-hydrogen) atoms. The fourth-order valence-electron chi connectivity index (χ4n) is 2.99. The van der Waals surface area contributed by atoms with Crippen LogP contribution in [0.15, 0.2) is 6.07 Å². The van der Waals surface area contributed by atoms with Crippen LogP contribution in [-0.4, -0.2) is 37.6 Å². The summed E-state index contributed by atoms with van der Waals surface area (Å²) in [5.74, 6) is -0.394. The van der Waals surface area contributed by atoms with Crippen molar-refractivity contribution < 1.29 is 9.53 Å². The minimum absolute atomic E-state index is 0.394. The van der Waals surface area contributed by atoms with Crippen LogP contribution in [0.1, 0.15) is 27.4 Å². The highest BCUT2D eigenvalue weighted by atomic mass is 16.5. The molecule has 0 bridgehead atoms. The van der Waals surface area contributed by atoms with E-state index in [1.165, 1.54) is 7.11 Å². The van der Waals surface area contributed by atoms with Gasteiger partial charge in [0, 0.05) is 25.4 Å². The molecule has 0 aromatic carbocycles. The first-order chi connectivity index (χ1) is 10.8. The van der Waals surface area contributed by atoms with Crippen LogP contribution in [-0.2, 0) is 18.8 Å². The number of pyridine rings is 1. The third-order valence-corrected chi connectivity index (χ3v) is 4.14. The smallest absolute Gasteiger partial charge is 0.338 e. The molecule has 0 N–H and O–H groups in total. The van der Waals surface area contributed by atoms with Crippen molar-refractivity contribution in [3.8, 4) is 11.3 Å². The molecule has 0 atom stereocenters. The van der Waals surface area contributed by atoms with Crippen molar-refractivity contribution in [2.75, 3.05) is 7.11 Å². The first-order valence-electron chi connectivity index (χ1n) is 7.28. The van der Waals surface area contributed by atoms with E-state index in [9.17, 15) is 4.79 Å². The molecule has 0 fully saturated rings. The molecule has 3 aromatic rings. The van der Waals surface area contributed by atoms with Crippen LogP contribution in [0, 0.1) is 20.8 Å². The molecule has 3 rings (SSSR count). The second-order valence-electron chi connectivity index (χ2n) is 5.62. The predicted octanol–water partition coefficient (Wildman–Crippen LogP) is 2.08. The molecule has 0 aliphatic rings. The highest BCUT2D eigenvalue weighted by molar-refractivity contribution is 6.05. The number of aryl methyl sites for hydroxylation is 4. The summed E-state index contributed by atoms with van der Waals surface area (Å²) in [4.78, 5) is 17.0. The molecule has 0 amide bonds. The normalized spacial score (nSPS) is 11.2. The molecule has 0 aliphatic carbocycles. The van der Waals surface area contributed by atoms with Gasteiger partial charge in [-0.15, -0.1) is 0 Å².